The standard InChI is InChI=1S/C14H17NO3S/c1-9-6-7-19-12(9)4-5-13(16)15-11-3-2-10(8-11)14(17)18/h4-7,10-11H,2-3,8H2,1H3,(H,15,16)(H,17,18)/b5-4+/t10-,11+/m1/s1. The number of thiophene rings is 1. The van der Waals surface area contributed by atoms with Gasteiger partial charge in [-0.25, -0.2) is 0 Å². The van der Waals surface area contributed by atoms with Crippen LogP contribution in [0.1, 0.15) is 29.7 Å². The highest BCUT2D eigenvalue weighted by Gasteiger charge is 2.30. The molecule has 4 nitrogen and oxygen atoms in total. The van der Waals surface area contributed by atoms with E-state index in [1.807, 2.05) is 18.4 Å². The topological polar surface area (TPSA) is 66.4 Å². The van der Waals surface area contributed by atoms with Crippen LogP contribution >= 0.6 is 11.3 Å². The molecule has 0 saturated heterocycles. The second-order valence-electron chi connectivity index (χ2n) is 4.85. The van der Waals surface area contributed by atoms with Crippen LogP contribution < -0.4 is 5.32 Å². The number of carboxylic acid groups (broad SMARTS) is 1. The highest BCUT2D eigenvalue weighted by molar-refractivity contribution is 7.11. The summed E-state index contributed by atoms with van der Waals surface area (Å²) in [6.45, 7) is 2.00. The van der Waals surface area contributed by atoms with Gasteiger partial charge in [0.1, 0.15) is 0 Å². The van der Waals surface area contributed by atoms with Crippen LogP contribution in [0, 0.1) is 12.8 Å². The fourth-order valence-electron chi connectivity index (χ4n) is 2.29. The van der Waals surface area contributed by atoms with Crippen LogP contribution in [0.5, 0.6) is 0 Å². The second kappa shape index (κ2) is 6.02. The molecular weight excluding hydrogens is 262 g/mol. The Hall–Kier alpha value is -1.62. The Labute approximate surface area is 116 Å². The molecule has 0 bridgehead atoms. The smallest absolute Gasteiger partial charge is 0.306 e. The van der Waals surface area contributed by atoms with E-state index >= 15 is 0 Å². The fourth-order valence-corrected chi connectivity index (χ4v) is 3.11. The van der Waals surface area contributed by atoms with Crippen LogP contribution in [0.3, 0.4) is 0 Å². The van der Waals surface area contributed by atoms with Gasteiger partial charge in [-0.2, -0.15) is 0 Å². The summed E-state index contributed by atoms with van der Waals surface area (Å²) >= 11 is 1.59. The number of aryl methyl sites for hydroxylation is 1. The maximum atomic E-state index is 11.7. The van der Waals surface area contributed by atoms with Gasteiger partial charge in [0, 0.05) is 17.0 Å². The number of carbonyl (C=O) groups excluding carboxylic acids is 1. The lowest BCUT2D eigenvalue weighted by atomic mass is 10.1. The molecule has 19 heavy (non-hydrogen) atoms. The summed E-state index contributed by atoms with van der Waals surface area (Å²) in [6, 6.07) is 2.00. The van der Waals surface area contributed by atoms with Crippen LogP contribution in [-0.2, 0) is 9.59 Å². The summed E-state index contributed by atoms with van der Waals surface area (Å²) < 4.78 is 0. The zero-order chi connectivity index (χ0) is 13.8. The number of hydrogen-bond acceptors (Lipinski definition) is 3. The zero-order valence-electron chi connectivity index (χ0n) is 10.8. The van der Waals surface area contributed by atoms with Gasteiger partial charge in [-0.3, -0.25) is 9.59 Å². The molecule has 1 saturated carbocycles. The van der Waals surface area contributed by atoms with E-state index in [1.54, 1.807) is 17.4 Å². The summed E-state index contributed by atoms with van der Waals surface area (Å²) in [5, 5.41) is 13.7. The van der Waals surface area contributed by atoms with Crippen LogP contribution in [0.25, 0.3) is 6.08 Å². The number of carbonyl (C=O) groups is 2. The number of carboxylic acids is 1. The Kier molecular flexibility index (Phi) is 4.37. The van der Waals surface area contributed by atoms with Gasteiger partial charge in [0.25, 0.3) is 0 Å². The van der Waals surface area contributed by atoms with Crippen molar-refractivity contribution in [1.29, 1.82) is 0 Å². The van der Waals surface area contributed by atoms with Crippen molar-refractivity contribution in [1.82, 2.24) is 5.32 Å². The first-order chi connectivity index (χ1) is 9.06. The van der Waals surface area contributed by atoms with E-state index in [0.29, 0.717) is 12.8 Å². The van der Waals surface area contributed by atoms with E-state index in [0.717, 1.165) is 16.9 Å². The predicted octanol–water partition coefficient (Wildman–Crippen LogP) is 2.44. The van der Waals surface area contributed by atoms with Crippen molar-refractivity contribution in [3.63, 3.8) is 0 Å². The maximum Gasteiger partial charge on any atom is 0.306 e. The highest BCUT2D eigenvalue weighted by atomic mass is 32.1. The van der Waals surface area contributed by atoms with Crippen molar-refractivity contribution in [3.8, 4) is 0 Å². The molecule has 0 unspecified atom stereocenters. The first kappa shape index (κ1) is 13.8. The van der Waals surface area contributed by atoms with Crippen molar-refractivity contribution >= 4 is 29.3 Å². The van der Waals surface area contributed by atoms with Crippen LogP contribution in [0.4, 0.5) is 0 Å². The molecule has 5 heteroatoms. The molecule has 0 aliphatic heterocycles. The van der Waals surface area contributed by atoms with E-state index in [1.165, 1.54) is 6.08 Å². The van der Waals surface area contributed by atoms with Gasteiger partial charge in [0.15, 0.2) is 0 Å². The molecule has 1 fully saturated rings. The molecule has 0 radical (unpaired) electrons. The van der Waals surface area contributed by atoms with Crippen molar-refractivity contribution in [3.05, 3.63) is 28.0 Å². The molecule has 1 aromatic heterocycles. The number of nitrogens with one attached hydrogen (secondary N) is 1. The largest absolute Gasteiger partial charge is 0.481 e. The van der Waals surface area contributed by atoms with Gasteiger partial charge in [-0.05, 0) is 49.3 Å². The van der Waals surface area contributed by atoms with Crippen molar-refractivity contribution in [2.24, 2.45) is 5.92 Å². The summed E-state index contributed by atoms with van der Waals surface area (Å²) in [6.07, 6.45) is 5.25. The minimum atomic E-state index is -0.762. The molecule has 2 N–H and O–H groups in total. The van der Waals surface area contributed by atoms with Crippen molar-refractivity contribution in [2.45, 2.75) is 32.2 Å². The second-order valence-corrected chi connectivity index (χ2v) is 5.80. The Balaban J connectivity index is 1.84. The van der Waals surface area contributed by atoms with Gasteiger partial charge in [0.05, 0.1) is 5.92 Å². The zero-order valence-corrected chi connectivity index (χ0v) is 11.6. The lowest BCUT2D eigenvalue weighted by molar-refractivity contribution is -0.141. The van der Waals surface area contributed by atoms with Gasteiger partial charge in [-0.1, -0.05) is 0 Å². The molecule has 102 valence electrons. The van der Waals surface area contributed by atoms with E-state index < -0.39 is 5.97 Å². The quantitative estimate of drug-likeness (QED) is 0.832. The predicted molar refractivity (Wildman–Crippen MR) is 75.0 cm³/mol. The van der Waals surface area contributed by atoms with E-state index in [4.69, 9.17) is 5.11 Å². The van der Waals surface area contributed by atoms with Crippen molar-refractivity contribution in [2.75, 3.05) is 0 Å². The molecule has 1 heterocycles. The Bertz CT molecular complexity index is 507. The Morgan fingerprint density at radius 1 is 1.47 bits per heavy atom. The van der Waals surface area contributed by atoms with Gasteiger partial charge in [-0.15, -0.1) is 11.3 Å². The lowest BCUT2D eigenvalue weighted by Crippen LogP contribution is -2.31. The molecule has 2 atom stereocenters. The summed E-state index contributed by atoms with van der Waals surface area (Å²) in [7, 11) is 0. The Morgan fingerprint density at radius 2 is 2.26 bits per heavy atom. The number of hydrogen-bond donors (Lipinski definition) is 2. The molecular formula is C14H17NO3S. The average Bonchev–Trinajstić information content (AvgIpc) is 2.96. The monoisotopic (exact) mass is 279 g/mol. The Morgan fingerprint density at radius 3 is 2.84 bits per heavy atom. The minimum absolute atomic E-state index is 0.0114. The third-order valence-electron chi connectivity index (χ3n) is 3.42. The first-order valence-electron chi connectivity index (χ1n) is 6.31. The SMILES string of the molecule is Cc1ccsc1/C=C/C(=O)N[C@H]1CC[C@@H](C(=O)O)C1. The van der Waals surface area contributed by atoms with Crippen LogP contribution in [0.2, 0.25) is 0 Å². The van der Waals surface area contributed by atoms with Crippen LogP contribution in [0.15, 0.2) is 17.5 Å². The van der Waals surface area contributed by atoms with E-state index in [2.05, 4.69) is 5.32 Å². The fraction of sp³-hybridized carbons (Fsp3) is 0.429. The average molecular weight is 279 g/mol. The van der Waals surface area contributed by atoms with E-state index in [9.17, 15) is 9.59 Å². The molecule has 2 rings (SSSR count). The molecule has 1 amide bonds. The molecule has 1 aliphatic carbocycles. The number of rotatable bonds is 4. The third-order valence-corrected chi connectivity index (χ3v) is 4.40. The van der Waals surface area contributed by atoms with E-state index in [-0.39, 0.29) is 17.9 Å². The molecule has 0 aromatic carbocycles. The van der Waals surface area contributed by atoms with Gasteiger partial charge in [0.2, 0.25) is 5.91 Å². The minimum Gasteiger partial charge on any atom is -0.481 e. The number of aliphatic carboxylic acids is 1. The maximum absolute atomic E-state index is 11.7. The number of amides is 1. The van der Waals surface area contributed by atoms with Gasteiger partial charge >= 0.3 is 5.97 Å². The van der Waals surface area contributed by atoms with Crippen LogP contribution in [-0.4, -0.2) is 23.0 Å². The van der Waals surface area contributed by atoms with Crippen molar-refractivity contribution < 1.29 is 14.7 Å². The summed E-state index contributed by atoms with van der Waals surface area (Å²) in [4.78, 5) is 23.6. The molecule has 0 spiro atoms. The summed E-state index contributed by atoms with van der Waals surface area (Å²) in [5.74, 6) is -1.22. The van der Waals surface area contributed by atoms with Gasteiger partial charge < -0.3 is 10.4 Å². The molecule has 1 aromatic rings. The molecule has 1 aliphatic rings. The first-order valence-corrected chi connectivity index (χ1v) is 7.19. The highest BCUT2D eigenvalue weighted by Crippen LogP contribution is 2.25. The lowest BCUT2D eigenvalue weighted by Gasteiger charge is -2.10. The normalized spacial score (nSPS) is 22.8. The third kappa shape index (κ3) is 3.67. The summed E-state index contributed by atoms with van der Waals surface area (Å²) in [5.41, 5.74) is 1.15.